The first-order valence-corrected chi connectivity index (χ1v) is 11.0. The Bertz CT molecular complexity index is 618. The third-order valence-corrected chi connectivity index (χ3v) is 6.21. The summed E-state index contributed by atoms with van der Waals surface area (Å²) in [5, 5.41) is 3.11. The van der Waals surface area contributed by atoms with Gasteiger partial charge in [0, 0.05) is 31.6 Å². The number of nitrogens with zero attached hydrogens (tertiary/aromatic N) is 3. The monoisotopic (exact) mass is 408 g/mol. The molecule has 0 spiro atoms. The van der Waals surface area contributed by atoms with Gasteiger partial charge in [-0.2, -0.15) is 0 Å². The second-order valence-electron chi connectivity index (χ2n) is 10.4. The lowest BCUT2D eigenvalue weighted by molar-refractivity contribution is -0.142. The topological polar surface area (TPSA) is 73.0 Å². The highest BCUT2D eigenvalue weighted by molar-refractivity contribution is 6.07. The van der Waals surface area contributed by atoms with Crippen LogP contribution in [0.15, 0.2) is 0 Å². The van der Waals surface area contributed by atoms with Crippen LogP contribution in [-0.2, 0) is 9.59 Å². The van der Waals surface area contributed by atoms with Crippen LogP contribution < -0.4 is 5.32 Å². The van der Waals surface area contributed by atoms with Crippen LogP contribution in [0.2, 0.25) is 0 Å². The molecule has 0 aromatic rings. The maximum atomic E-state index is 13.5. The molecule has 0 saturated carbocycles. The van der Waals surface area contributed by atoms with E-state index in [9.17, 15) is 14.4 Å². The molecule has 166 valence electrons. The van der Waals surface area contributed by atoms with Crippen LogP contribution in [0.25, 0.3) is 0 Å². The standard InChI is InChI=1S/C22H40N4O3/c1-16(2)8-11-22(19(28)26(20(29)23-22)15-14-24(6)7)17-9-12-25(13-10-17)18(27)21(3,4)5/h16-17H,8-15H2,1-7H3,(H,23,29)/t22-/m0/s1. The number of hydrogen-bond acceptors (Lipinski definition) is 4. The number of urea groups is 1. The third-order valence-electron chi connectivity index (χ3n) is 6.21. The fourth-order valence-corrected chi connectivity index (χ4v) is 4.36. The number of amides is 4. The molecule has 0 aliphatic carbocycles. The van der Waals surface area contributed by atoms with E-state index >= 15 is 0 Å². The summed E-state index contributed by atoms with van der Waals surface area (Å²) in [6.45, 7) is 12.4. The molecule has 1 N–H and O–H groups in total. The largest absolute Gasteiger partial charge is 0.342 e. The van der Waals surface area contributed by atoms with Crippen LogP contribution in [0.1, 0.15) is 60.3 Å². The van der Waals surface area contributed by atoms with E-state index in [2.05, 4.69) is 19.2 Å². The Hall–Kier alpha value is -1.63. The number of carbonyl (C=O) groups is 3. The van der Waals surface area contributed by atoms with Gasteiger partial charge in [-0.25, -0.2) is 4.79 Å². The van der Waals surface area contributed by atoms with Crippen LogP contribution in [0.4, 0.5) is 4.79 Å². The van der Waals surface area contributed by atoms with Gasteiger partial charge < -0.3 is 15.1 Å². The predicted octanol–water partition coefficient (Wildman–Crippen LogP) is 2.56. The quantitative estimate of drug-likeness (QED) is 0.657. The van der Waals surface area contributed by atoms with E-state index in [1.165, 1.54) is 4.90 Å². The van der Waals surface area contributed by atoms with Crippen molar-refractivity contribution in [1.29, 1.82) is 0 Å². The van der Waals surface area contributed by atoms with Crippen molar-refractivity contribution in [2.24, 2.45) is 17.3 Å². The zero-order valence-electron chi connectivity index (χ0n) is 19.4. The lowest BCUT2D eigenvalue weighted by atomic mass is 9.73. The molecule has 0 bridgehead atoms. The molecule has 2 saturated heterocycles. The molecular formula is C22H40N4O3. The van der Waals surface area contributed by atoms with Gasteiger partial charge >= 0.3 is 6.03 Å². The van der Waals surface area contributed by atoms with Gasteiger partial charge in [-0.15, -0.1) is 0 Å². The minimum absolute atomic E-state index is 0.0612. The Balaban J connectivity index is 2.18. The summed E-state index contributed by atoms with van der Waals surface area (Å²) in [5.41, 5.74) is -1.23. The van der Waals surface area contributed by atoms with Crippen molar-refractivity contribution in [3.8, 4) is 0 Å². The van der Waals surface area contributed by atoms with E-state index in [-0.39, 0.29) is 23.8 Å². The summed E-state index contributed by atoms with van der Waals surface area (Å²) in [6.07, 6.45) is 3.03. The summed E-state index contributed by atoms with van der Waals surface area (Å²) in [4.78, 5) is 44.1. The number of likely N-dealkylation sites (tertiary alicyclic amines) is 1. The molecule has 29 heavy (non-hydrogen) atoms. The molecule has 7 nitrogen and oxygen atoms in total. The second-order valence-corrected chi connectivity index (χ2v) is 10.4. The summed E-state index contributed by atoms with van der Waals surface area (Å²) in [7, 11) is 3.87. The van der Waals surface area contributed by atoms with Crippen molar-refractivity contribution in [2.45, 2.75) is 65.8 Å². The lowest BCUT2D eigenvalue weighted by Crippen LogP contribution is -2.57. The molecule has 2 aliphatic heterocycles. The zero-order valence-corrected chi connectivity index (χ0v) is 19.4. The Morgan fingerprint density at radius 2 is 1.79 bits per heavy atom. The van der Waals surface area contributed by atoms with Crippen molar-refractivity contribution in [3.05, 3.63) is 0 Å². The SMILES string of the molecule is CC(C)CC[C@@]1(C2CCN(C(=O)C(C)(C)C)CC2)NC(=O)N(CCN(C)C)C1=O. The first-order valence-electron chi connectivity index (χ1n) is 11.0. The molecular weight excluding hydrogens is 368 g/mol. The average Bonchev–Trinajstić information content (AvgIpc) is 2.87. The maximum absolute atomic E-state index is 13.5. The van der Waals surface area contributed by atoms with Crippen LogP contribution in [0.3, 0.4) is 0 Å². The maximum Gasteiger partial charge on any atom is 0.325 e. The van der Waals surface area contributed by atoms with Gasteiger partial charge in [0.05, 0.1) is 0 Å². The smallest absolute Gasteiger partial charge is 0.325 e. The van der Waals surface area contributed by atoms with Crippen molar-refractivity contribution in [3.63, 3.8) is 0 Å². The molecule has 0 radical (unpaired) electrons. The minimum atomic E-state index is -0.829. The molecule has 0 aromatic carbocycles. The van der Waals surface area contributed by atoms with Crippen molar-refractivity contribution in [2.75, 3.05) is 40.3 Å². The van der Waals surface area contributed by atoms with E-state index in [4.69, 9.17) is 0 Å². The molecule has 0 unspecified atom stereocenters. The molecule has 7 heteroatoms. The van der Waals surface area contributed by atoms with Crippen molar-refractivity contribution in [1.82, 2.24) is 20.0 Å². The minimum Gasteiger partial charge on any atom is -0.342 e. The van der Waals surface area contributed by atoms with Crippen LogP contribution >= 0.6 is 0 Å². The molecule has 2 heterocycles. The summed E-state index contributed by atoms with van der Waals surface area (Å²) < 4.78 is 0. The highest BCUT2D eigenvalue weighted by Crippen LogP contribution is 2.38. The fourth-order valence-electron chi connectivity index (χ4n) is 4.36. The van der Waals surface area contributed by atoms with Crippen LogP contribution in [-0.4, -0.2) is 78.4 Å². The first-order chi connectivity index (χ1) is 13.4. The van der Waals surface area contributed by atoms with E-state index in [1.807, 2.05) is 44.7 Å². The van der Waals surface area contributed by atoms with Gasteiger partial charge in [0.15, 0.2) is 0 Å². The number of rotatable bonds is 7. The average molecular weight is 409 g/mol. The van der Waals surface area contributed by atoms with Crippen molar-refractivity contribution < 1.29 is 14.4 Å². The number of piperidine rings is 1. The Morgan fingerprint density at radius 3 is 2.28 bits per heavy atom. The molecule has 2 aliphatic rings. The van der Waals surface area contributed by atoms with Crippen LogP contribution in [0, 0.1) is 17.3 Å². The normalized spacial score (nSPS) is 24.0. The number of hydrogen-bond donors (Lipinski definition) is 1. The van der Waals surface area contributed by atoms with Gasteiger partial charge in [0.2, 0.25) is 5.91 Å². The Kier molecular flexibility index (Phi) is 7.36. The lowest BCUT2D eigenvalue weighted by Gasteiger charge is -2.42. The second kappa shape index (κ2) is 9.02. The fraction of sp³-hybridized carbons (Fsp3) is 0.864. The number of carbonyl (C=O) groups excluding carboxylic acids is 3. The number of likely N-dealkylation sites (N-methyl/N-ethyl adjacent to an activating group) is 1. The molecule has 4 amide bonds. The number of nitrogens with one attached hydrogen (secondary N) is 1. The van der Waals surface area contributed by atoms with Gasteiger partial charge in [0.25, 0.3) is 5.91 Å². The van der Waals surface area contributed by atoms with Crippen LogP contribution in [0.5, 0.6) is 0 Å². The van der Waals surface area contributed by atoms with Crippen molar-refractivity contribution >= 4 is 17.8 Å². The third kappa shape index (κ3) is 5.30. The van der Waals surface area contributed by atoms with E-state index in [0.29, 0.717) is 38.5 Å². The molecule has 0 aromatic heterocycles. The predicted molar refractivity (Wildman–Crippen MR) is 114 cm³/mol. The highest BCUT2D eigenvalue weighted by atomic mass is 16.2. The van der Waals surface area contributed by atoms with Gasteiger partial charge in [-0.05, 0) is 51.6 Å². The van der Waals surface area contributed by atoms with E-state index < -0.39 is 11.0 Å². The van der Waals surface area contributed by atoms with Gasteiger partial charge in [-0.1, -0.05) is 34.6 Å². The zero-order chi connectivity index (χ0) is 22.0. The van der Waals surface area contributed by atoms with Gasteiger partial charge in [-0.3, -0.25) is 14.5 Å². The Morgan fingerprint density at radius 1 is 1.21 bits per heavy atom. The van der Waals surface area contributed by atoms with Gasteiger partial charge in [0.1, 0.15) is 5.54 Å². The summed E-state index contributed by atoms with van der Waals surface area (Å²) in [5.74, 6) is 0.591. The van der Waals surface area contributed by atoms with E-state index in [0.717, 1.165) is 19.3 Å². The molecule has 2 fully saturated rings. The number of imide groups is 1. The Labute approximate surface area is 176 Å². The first kappa shape index (κ1) is 23.6. The molecule has 1 atom stereocenters. The van der Waals surface area contributed by atoms with E-state index in [1.54, 1.807) is 0 Å². The highest BCUT2D eigenvalue weighted by Gasteiger charge is 2.55. The molecule has 2 rings (SSSR count). The summed E-state index contributed by atoms with van der Waals surface area (Å²) in [6, 6.07) is -0.270. The summed E-state index contributed by atoms with van der Waals surface area (Å²) >= 11 is 0.